The molecule has 116 valence electrons. The van der Waals surface area contributed by atoms with Crippen molar-refractivity contribution < 1.29 is 9.90 Å². The van der Waals surface area contributed by atoms with Crippen LogP contribution in [0.3, 0.4) is 0 Å². The number of thioether (sulfide) groups is 1. The fraction of sp³-hybridized carbons (Fsp3) is 0.316. The number of benzene rings is 2. The van der Waals surface area contributed by atoms with E-state index in [0.29, 0.717) is 5.56 Å². The summed E-state index contributed by atoms with van der Waals surface area (Å²) in [6.45, 7) is 8.81. The van der Waals surface area contributed by atoms with Gasteiger partial charge in [-0.1, -0.05) is 45.0 Å². The number of carboxylic acids is 1. The number of carbonyl (C=O) groups is 1. The molecule has 0 fully saturated rings. The Balaban J connectivity index is 2.07. The molecule has 0 aromatic heterocycles. The number of aryl methyl sites for hydroxylation is 1. The summed E-state index contributed by atoms with van der Waals surface area (Å²) in [6, 6.07) is 13.7. The van der Waals surface area contributed by atoms with E-state index >= 15 is 0 Å². The lowest BCUT2D eigenvalue weighted by Gasteiger charge is -2.20. The van der Waals surface area contributed by atoms with Crippen LogP contribution in [0.15, 0.2) is 47.4 Å². The van der Waals surface area contributed by atoms with Crippen LogP contribution in [0.2, 0.25) is 0 Å². The highest BCUT2D eigenvalue weighted by molar-refractivity contribution is 7.98. The van der Waals surface area contributed by atoms with E-state index in [1.165, 1.54) is 16.0 Å². The van der Waals surface area contributed by atoms with Crippen LogP contribution in [0.1, 0.15) is 47.8 Å². The Labute approximate surface area is 136 Å². The molecule has 0 spiro atoms. The van der Waals surface area contributed by atoms with Crippen LogP contribution in [0, 0.1) is 6.92 Å². The molecule has 1 N–H and O–H groups in total. The second kappa shape index (κ2) is 6.57. The second-order valence-electron chi connectivity index (χ2n) is 6.52. The minimum atomic E-state index is -0.882. The highest BCUT2D eigenvalue weighted by Gasteiger charge is 2.14. The van der Waals surface area contributed by atoms with Crippen LogP contribution in [0.4, 0.5) is 0 Å². The van der Waals surface area contributed by atoms with E-state index in [0.717, 1.165) is 11.3 Å². The zero-order chi connectivity index (χ0) is 16.3. The molecule has 2 aromatic carbocycles. The Morgan fingerprint density at radius 2 is 1.73 bits per heavy atom. The second-order valence-corrected chi connectivity index (χ2v) is 7.54. The minimum absolute atomic E-state index is 0.167. The Morgan fingerprint density at radius 1 is 1.09 bits per heavy atom. The van der Waals surface area contributed by atoms with E-state index in [2.05, 4.69) is 45.9 Å². The zero-order valence-electron chi connectivity index (χ0n) is 13.5. The number of carboxylic acid groups (broad SMARTS) is 1. The largest absolute Gasteiger partial charge is 0.478 e. The van der Waals surface area contributed by atoms with Gasteiger partial charge in [-0.05, 0) is 47.2 Å². The number of rotatable bonds is 4. The van der Waals surface area contributed by atoms with Gasteiger partial charge in [0.15, 0.2) is 0 Å². The summed E-state index contributed by atoms with van der Waals surface area (Å²) < 4.78 is 0. The van der Waals surface area contributed by atoms with Crippen molar-refractivity contribution in [3.63, 3.8) is 0 Å². The molecule has 0 heterocycles. The number of hydrogen-bond donors (Lipinski definition) is 1. The fourth-order valence-corrected chi connectivity index (χ4v) is 3.15. The molecule has 22 heavy (non-hydrogen) atoms. The third-order valence-electron chi connectivity index (χ3n) is 3.64. The number of hydrogen-bond acceptors (Lipinski definition) is 2. The monoisotopic (exact) mass is 314 g/mol. The maximum absolute atomic E-state index is 10.8. The molecule has 0 saturated carbocycles. The summed E-state index contributed by atoms with van der Waals surface area (Å²) in [7, 11) is 0. The molecule has 0 saturated heterocycles. The summed E-state index contributed by atoms with van der Waals surface area (Å²) in [5.74, 6) is -0.0388. The Kier molecular flexibility index (Phi) is 4.97. The maximum Gasteiger partial charge on any atom is 0.335 e. The van der Waals surface area contributed by atoms with E-state index in [1.807, 2.05) is 12.1 Å². The predicted molar refractivity (Wildman–Crippen MR) is 92.8 cm³/mol. The van der Waals surface area contributed by atoms with Crippen molar-refractivity contribution >= 4 is 17.7 Å². The summed E-state index contributed by atoms with van der Waals surface area (Å²) >= 11 is 1.79. The minimum Gasteiger partial charge on any atom is -0.478 e. The van der Waals surface area contributed by atoms with Gasteiger partial charge in [0.05, 0.1) is 5.56 Å². The maximum atomic E-state index is 10.8. The van der Waals surface area contributed by atoms with Crippen molar-refractivity contribution in [3.05, 3.63) is 64.7 Å². The van der Waals surface area contributed by atoms with Gasteiger partial charge in [0.1, 0.15) is 0 Å². The first kappa shape index (κ1) is 16.6. The van der Waals surface area contributed by atoms with Gasteiger partial charge in [-0.25, -0.2) is 4.79 Å². The molecule has 0 amide bonds. The van der Waals surface area contributed by atoms with Crippen LogP contribution in [-0.2, 0) is 11.2 Å². The molecule has 0 unspecified atom stereocenters. The summed E-state index contributed by atoms with van der Waals surface area (Å²) in [5, 5.41) is 8.91. The zero-order valence-corrected chi connectivity index (χ0v) is 14.3. The van der Waals surface area contributed by atoms with E-state index in [4.69, 9.17) is 5.11 Å². The molecule has 2 rings (SSSR count). The van der Waals surface area contributed by atoms with E-state index in [1.54, 1.807) is 23.9 Å². The molecule has 0 aliphatic heterocycles. The van der Waals surface area contributed by atoms with Gasteiger partial charge in [-0.3, -0.25) is 0 Å². The van der Waals surface area contributed by atoms with Gasteiger partial charge in [-0.2, -0.15) is 0 Å². The van der Waals surface area contributed by atoms with E-state index in [-0.39, 0.29) is 5.41 Å². The molecule has 0 bridgehead atoms. The van der Waals surface area contributed by atoms with Crippen molar-refractivity contribution in [2.75, 3.05) is 0 Å². The SMILES string of the molecule is Cc1cc(C(C)(C)C)ccc1SCc1ccc(C(=O)O)cc1. The van der Waals surface area contributed by atoms with Gasteiger partial charge in [-0.15, -0.1) is 11.8 Å². The predicted octanol–water partition coefficient (Wildman–Crippen LogP) is 5.28. The van der Waals surface area contributed by atoms with Crippen molar-refractivity contribution in [2.24, 2.45) is 0 Å². The molecule has 0 aliphatic carbocycles. The Hall–Kier alpha value is -1.74. The molecule has 3 heteroatoms. The van der Waals surface area contributed by atoms with Crippen molar-refractivity contribution in [2.45, 2.75) is 43.8 Å². The van der Waals surface area contributed by atoms with Gasteiger partial charge in [0.25, 0.3) is 0 Å². The smallest absolute Gasteiger partial charge is 0.335 e. The van der Waals surface area contributed by atoms with E-state index < -0.39 is 5.97 Å². The highest BCUT2D eigenvalue weighted by atomic mass is 32.2. The van der Waals surface area contributed by atoms with Crippen molar-refractivity contribution in [3.8, 4) is 0 Å². The lowest BCUT2D eigenvalue weighted by molar-refractivity contribution is 0.0697. The lowest BCUT2D eigenvalue weighted by atomic mass is 9.86. The van der Waals surface area contributed by atoms with Gasteiger partial charge in [0, 0.05) is 10.6 Å². The van der Waals surface area contributed by atoms with E-state index in [9.17, 15) is 4.79 Å². The fourth-order valence-electron chi connectivity index (χ4n) is 2.18. The molecule has 0 atom stereocenters. The standard InChI is InChI=1S/C19H22O2S/c1-13-11-16(19(2,3)4)9-10-17(13)22-12-14-5-7-15(8-6-14)18(20)21/h5-11H,12H2,1-4H3,(H,20,21). The molecular weight excluding hydrogens is 292 g/mol. The van der Waals surface area contributed by atoms with Crippen LogP contribution in [-0.4, -0.2) is 11.1 Å². The average Bonchev–Trinajstić information content (AvgIpc) is 2.45. The summed E-state index contributed by atoms with van der Waals surface area (Å²) in [4.78, 5) is 12.1. The third-order valence-corrected chi connectivity index (χ3v) is 4.88. The highest BCUT2D eigenvalue weighted by Crippen LogP contribution is 2.30. The molecular formula is C19H22O2S. The summed E-state index contributed by atoms with van der Waals surface area (Å²) in [6.07, 6.45) is 0. The van der Waals surface area contributed by atoms with Crippen LogP contribution in [0.25, 0.3) is 0 Å². The van der Waals surface area contributed by atoms with Crippen LogP contribution < -0.4 is 0 Å². The third kappa shape index (κ3) is 4.14. The van der Waals surface area contributed by atoms with Crippen molar-refractivity contribution in [1.82, 2.24) is 0 Å². The lowest BCUT2D eigenvalue weighted by Crippen LogP contribution is -2.11. The first-order chi connectivity index (χ1) is 10.3. The topological polar surface area (TPSA) is 37.3 Å². The first-order valence-electron chi connectivity index (χ1n) is 7.33. The van der Waals surface area contributed by atoms with Crippen molar-refractivity contribution in [1.29, 1.82) is 0 Å². The van der Waals surface area contributed by atoms with Gasteiger partial charge >= 0.3 is 5.97 Å². The van der Waals surface area contributed by atoms with Gasteiger partial charge in [0.2, 0.25) is 0 Å². The Morgan fingerprint density at radius 3 is 2.23 bits per heavy atom. The van der Waals surface area contributed by atoms with Crippen LogP contribution in [0.5, 0.6) is 0 Å². The average molecular weight is 314 g/mol. The molecule has 0 radical (unpaired) electrons. The molecule has 0 aliphatic rings. The van der Waals surface area contributed by atoms with Gasteiger partial charge < -0.3 is 5.11 Å². The Bertz CT molecular complexity index is 667. The van der Waals surface area contributed by atoms with Crippen LogP contribution >= 0.6 is 11.8 Å². The summed E-state index contributed by atoms with van der Waals surface area (Å²) in [5.41, 5.74) is 4.27. The number of aromatic carboxylic acids is 1. The molecule has 2 aromatic rings. The first-order valence-corrected chi connectivity index (χ1v) is 8.32. The molecule has 2 nitrogen and oxygen atoms in total. The normalized spacial score (nSPS) is 11.5. The quantitative estimate of drug-likeness (QED) is 0.780.